The Balaban J connectivity index is 3.46. The Morgan fingerprint density at radius 3 is 2.64 bits per heavy atom. The number of unbranched alkanes of at least 4 members (excludes halogenated alkanes) is 1. The first kappa shape index (κ1) is 10.6. The van der Waals surface area contributed by atoms with Crippen molar-refractivity contribution in [2.45, 2.75) is 39.0 Å². The molecule has 0 saturated heterocycles. The van der Waals surface area contributed by atoms with Gasteiger partial charge in [-0.15, -0.1) is 11.8 Å². The SMILES string of the molecule is [CH2]C#CCC(CC)CCC[CH2]. The fourth-order valence-electron chi connectivity index (χ4n) is 1.10. The van der Waals surface area contributed by atoms with Crippen LogP contribution in [0.5, 0.6) is 0 Å². The summed E-state index contributed by atoms with van der Waals surface area (Å²) >= 11 is 0. The minimum absolute atomic E-state index is 0.769. The third-order valence-corrected chi connectivity index (χ3v) is 1.96. The average molecular weight is 150 g/mol. The molecule has 0 heteroatoms. The predicted molar refractivity (Wildman–Crippen MR) is 50.7 cm³/mol. The first-order valence-electron chi connectivity index (χ1n) is 4.39. The zero-order valence-electron chi connectivity index (χ0n) is 7.53. The third kappa shape index (κ3) is 5.98. The van der Waals surface area contributed by atoms with Gasteiger partial charge in [0.25, 0.3) is 0 Å². The van der Waals surface area contributed by atoms with Crippen LogP contribution in [0.15, 0.2) is 0 Å². The molecular weight excluding hydrogens is 132 g/mol. The zero-order valence-corrected chi connectivity index (χ0v) is 7.53. The summed E-state index contributed by atoms with van der Waals surface area (Å²) in [5.41, 5.74) is 0. The molecule has 0 spiro atoms. The average Bonchev–Trinajstić information content (AvgIpc) is 2.05. The van der Waals surface area contributed by atoms with Crippen molar-refractivity contribution in [3.63, 3.8) is 0 Å². The molecule has 0 fully saturated rings. The molecule has 0 amide bonds. The van der Waals surface area contributed by atoms with E-state index >= 15 is 0 Å². The highest BCUT2D eigenvalue weighted by Crippen LogP contribution is 2.15. The molecule has 2 radical (unpaired) electrons. The quantitative estimate of drug-likeness (QED) is 0.528. The maximum absolute atomic E-state index is 3.82. The van der Waals surface area contributed by atoms with Gasteiger partial charge in [0.1, 0.15) is 0 Å². The van der Waals surface area contributed by atoms with E-state index in [-0.39, 0.29) is 0 Å². The first-order valence-corrected chi connectivity index (χ1v) is 4.39. The van der Waals surface area contributed by atoms with E-state index in [9.17, 15) is 0 Å². The van der Waals surface area contributed by atoms with Gasteiger partial charge in [0, 0.05) is 13.3 Å². The molecular formula is C11H18. The molecule has 0 aromatic heterocycles. The molecule has 1 unspecified atom stereocenters. The molecule has 0 saturated carbocycles. The zero-order chi connectivity index (χ0) is 8.53. The summed E-state index contributed by atoms with van der Waals surface area (Å²) in [4.78, 5) is 0. The van der Waals surface area contributed by atoms with Crippen LogP contribution in [0, 0.1) is 31.6 Å². The lowest BCUT2D eigenvalue weighted by atomic mass is 9.96. The van der Waals surface area contributed by atoms with Crippen molar-refractivity contribution in [2.75, 3.05) is 0 Å². The Morgan fingerprint density at radius 1 is 1.45 bits per heavy atom. The summed E-state index contributed by atoms with van der Waals surface area (Å²) in [5, 5.41) is 0. The molecule has 0 aromatic carbocycles. The predicted octanol–water partition coefficient (Wildman–Crippen LogP) is 3.24. The minimum Gasteiger partial charge on any atom is -0.103 e. The highest BCUT2D eigenvalue weighted by Gasteiger charge is 2.02. The minimum atomic E-state index is 0.769. The summed E-state index contributed by atoms with van der Waals surface area (Å²) in [6.07, 6.45) is 5.80. The van der Waals surface area contributed by atoms with Crippen molar-refractivity contribution in [2.24, 2.45) is 5.92 Å². The first-order chi connectivity index (χ1) is 5.35. The third-order valence-electron chi connectivity index (χ3n) is 1.96. The van der Waals surface area contributed by atoms with E-state index in [1.54, 1.807) is 0 Å². The molecule has 1 atom stereocenters. The molecule has 0 aromatic rings. The fraction of sp³-hybridized carbons (Fsp3) is 0.636. The largest absolute Gasteiger partial charge is 0.103 e. The standard InChI is InChI=1S/C11H18/c1-4-7-9-11(6-3)10-8-5-2/h11H,1-2,4,6-7,9-10H2,3H3. The monoisotopic (exact) mass is 150 g/mol. The van der Waals surface area contributed by atoms with Gasteiger partial charge in [-0.1, -0.05) is 33.1 Å². The number of rotatable bonds is 5. The number of hydrogen-bond acceptors (Lipinski definition) is 0. The van der Waals surface area contributed by atoms with Gasteiger partial charge in [-0.3, -0.25) is 0 Å². The highest BCUT2D eigenvalue weighted by atomic mass is 14.1. The highest BCUT2D eigenvalue weighted by molar-refractivity contribution is 5.02. The summed E-state index contributed by atoms with van der Waals surface area (Å²) in [7, 11) is 0. The van der Waals surface area contributed by atoms with E-state index in [1.165, 1.54) is 19.3 Å². The molecule has 0 bridgehead atoms. The van der Waals surface area contributed by atoms with Crippen LogP contribution < -0.4 is 0 Å². The van der Waals surface area contributed by atoms with Crippen LogP contribution in [0.25, 0.3) is 0 Å². The molecule has 62 valence electrons. The van der Waals surface area contributed by atoms with E-state index in [2.05, 4.69) is 32.6 Å². The maximum Gasteiger partial charge on any atom is 0.0198 e. The van der Waals surface area contributed by atoms with Crippen molar-refractivity contribution in [1.82, 2.24) is 0 Å². The molecule has 0 N–H and O–H groups in total. The Hall–Kier alpha value is -0.440. The second-order valence-electron chi connectivity index (χ2n) is 2.83. The number of hydrogen-bond donors (Lipinski definition) is 0. The lowest BCUT2D eigenvalue weighted by Crippen LogP contribution is -1.96. The molecule has 0 aliphatic heterocycles. The second kappa shape index (κ2) is 7.66. The van der Waals surface area contributed by atoms with E-state index in [1.807, 2.05) is 0 Å². The summed E-state index contributed by atoms with van der Waals surface area (Å²) < 4.78 is 0. The molecule has 0 aliphatic carbocycles. The Bertz CT molecular complexity index is 125. The van der Waals surface area contributed by atoms with E-state index in [4.69, 9.17) is 0 Å². The van der Waals surface area contributed by atoms with Gasteiger partial charge >= 0.3 is 0 Å². The molecule has 0 rings (SSSR count). The summed E-state index contributed by atoms with van der Waals surface area (Å²) in [6.45, 7) is 9.54. The van der Waals surface area contributed by atoms with E-state index in [0.29, 0.717) is 0 Å². The van der Waals surface area contributed by atoms with Crippen LogP contribution >= 0.6 is 0 Å². The van der Waals surface area contributed by atoms with Gasteiger partial charge in [-0.05, 0) is 12.3 Å². The smallest absolute Gasteiger partial charge is 0.0198 e. The van der Waals surface area contributed by atoms with Crippen molar-refractivity contribution in [3.8, 4) is 11.8 Å². The fourth-order valence-corrected chi connectivity index (χ4v) is 1.10. The Kier molecular flexibility index (Phi) is 7.36. The molecule has 11 heavy (non-hydrogen) atoms. The summed E-state index contributed by atoms with van der Waals surface area (Å²) in [6, 6.07) is 0. The van der Waals surface area contributed by atoms with Crippen molar-refractivity contribution >= 4 is 0 Å². The van der Waals surface area contributed by atoms with Gasteiger partial charge in [-0.2, -0.15) is 0 Å². The van der Waals surface area contributed by atoms with Gasteiger partial charge in [0.05, 0.1) is 0 Å². The van der Waals surface area contributed by atoms with Crippen molar-refractivity contribution in [3.05, 3.63) is 13.8 Å². The maximum atomic E-state index is 3.82. The molecule has 0 heterocycles. The van der Waals surface area contributed by atoms with Gasteiger partial charge in [-0.25, -0.2) is 0 Å². The van der Waals surface area contributed by atoms with Crippen LogP contribution in [0.4, 0.5) is 0 Å². The van der Waals surface area contributed by atoms with Crippen molar-refractivity contribution < 1.29 is 0 Å². The van der Waals surface area contributed by atoms with E-state index in [0.717, 1.165) is 18.8 Å². The lowest BCUT2D eigenvalue weighted by molar-refractivity contribution is 0.467. The van der Waals surface area contributed by atoms with Crippen molar-refractivity contribution in [1.29, 1.82) is 0 Å². The lowest BCUT2D eigenvalue weighted by Gasteiger charge is -2.09. The van der Waals surface area contributed by atoms with Crippen LogP contribution in [0.2, 0.25) is 0 Å². The van der Waals surface area contributed by atoms with Crippen LogP contribution in [0.1, 0.15) is 39.0 Å². The normalized spacial score (nSPS) is 11.9. The van der Waals surface area contributed by atoms with Crippen LogP contribution in [-0.2, 0) is 0 Å². The Labute approximate surface area is 71.4 Å². The van der Waals surface area contributed by atoms with Crippen LogP contribution in [0.3, 0.4) is 0 Å². The summed E-state index contributed by atoms with van der Waals surface area (Å²) in [5.74, 6) is 6.49. The Morgan fingerprint density at radius 2 is 2.18 bits per heavy atom. The van der Waals surface area contributed by atoms with Gasteiger partial charge in [0.15, 0.2) is 0 Å². The van der Waals surface area contributed by atoms with E-state index < -0.39 is 0 Å². The molecule has 0 nitrogen and oxygen atoms in total. The second-order valence-corrected chi connectivity index (χ2v) is 2.83. The van der Waals surface area contributed by atoms with Gasteiger partial charge < -0.3 is 0 Å². The molecule has 0 aliphatic rings. The topological polar surface area (TPSA) is 0 Å². The van der Waals surface area contributed by atoms with Gasteiger partial charge in [0.2, 0.25) is 0 Å². The van der Waals surface area contributed by atoms with Crippen LogP contribution in [-0.4, -0.2) is 0 Å².